The number of hydrogen-bond donors (Lipinski definition) is 2. The highest BCUT2D eigenvalue weighted by Crippen LogP contribution is 2.27. The van der Waals surface area contributed by atoms with Gasteiger partial charge in [-0.3, -0.25) is 15.2 Å². The number of hydrogen-bond acceptors (Lipinski definition) is 4. The van der Waals surface area contributed by atoms with Gasteiger partial charge in [-0.15, -0.1) is 0 Å². The number of ether oxygens (including phenoxy) is 1. The summed E-state index contributed by atoms with van der Waals surface area (Å²) in [6, 6.07) is 17.0. The van der Waals surface area contributed by atoms with E-state index in [1.165, 1.54) is 5.01 Å². The Labute approximate surface area is 175 Å². The molecule has 3 rings (SSSR count). The lowest BCUT2D eigenvalue weighted by atomic mass is 10.0. The highest BCUT2D eigenvalue weighted by molar-refractivity contribution is 7.80. The minimum atomic E-state index is -0.294. The molecule has 0 radical (unpaired) electrons. The number of fused-ring (bicyclic) bond motifs is 1. The molecular weight excluding hydrogens is 384 g/mol. The molecule has 7 heteroatoms. The van der Waals surface area contributed by atoms with Crippen molar-refractivity contribution < 1.29 is 9.53 Å². The Morgan fingerprint density at radius 2 is 1.97 bits per heavy atom. The first-order valence-electron chi connectivity index (χ1n) is 9.54. The third-order valence-corrected chi connectivity index (χ3v) is 4.60. The van der Waals surface area contributed by atoms with Gasteiger partial charge in [-0.25, -0.2) is 4.98 Å². The standard InChI is InChI=1S/C22H24N4O2S/c1-3-12-28-16-9-7-8-15(13-16)20-14-18(17-10-5-6-11-19(17)24-20)21(27)25-26(4-2)22(23)29/h5-11,13-14H,3-4,12H2,1-2H3,(H2,23,29)(H,25,27). The van der Waals surface area contributed by atoms with E-state index in [-0.39, 0.29) is 11.0 Å². The van der Waals surface area contributed by atoms with Crippen LogP contribution < -0.4 is 15.9 Å². The first kappa shape index (κ1) is 20.5. The highest BCUT2D eigenvalue weighted by Gasteiger charge is 2.16. The molecule has 0 aliphatic heterocycles. The van der Waals surface area contributed by atoms with E-state index >= 15 is 0 Å². The number of nitrogens with zero attached hydrogens (tertiary/aromatic N) is 2. The number of hydrazine groups is 1. The first-order valence-corrected chi connectivity index (χ1v) is 9.95. The molecule has 1 aromatic heterocycles. The number of carbonyl (C=O) groups excluding carboxylic acids is 1. The lowest BCUT2D eigenvalue weighted by Gasteiger charge is -2.22. The number of thiocarbonyl (C=S) groups is 1. The minimum absolute atomic E-state index is 0.111. The van der Waals surface area contributed by atoms with Gasteiger partial charge in [0.1, 0.15) is 5.75 Å². The number of nitrogens with one attached hydrogen (secondary N) is 1. The Morgan fingerprint density at radius 3 is 2.69 bits per heavy atom. The average Bonchev–Trinajstić information content (AvgIpc) is 2.75. The van der Waals surface area contributed by atoms with Crippen LogP contribution in [0.2, 0.25) is 0 Å². The van der Waals surface area contributed by atoms with Gasteiger partial charge in [0, 0.05) is 17.5 Å². The molecule has 0 saturated carbocycles. The first-order chi connectivity index (χ1) is 14.0. The summed E-state index contributed by atoms with van der Waals surface area (Å²) < 4.78 is 5.73. The summed E-state index contributed by atoms with van der Waals surface area (Å²) in [5, 5.41) is 2.30. The van der Waals surface area contributed by atoms with Crippen molar-refractivity contribution in [2.45, 2.75) is 20.3 Å². The zero-order valence-electron chi connectivity index (χ0n) is 16.5. The largest absolute Gasteiger partial charge is 0.494 e. The Morgan fingerprint density at radius 1 is 1.17 bits per heavy atom. The van der Waals surface area contributed by atoms with Gasteiger partial charge in [0.05, 0.1) is 23.4 Å². The molecule has 0 spiro atoms. The maximum atomic E-state index is 13.0. The van der Waals surface area contributed by atoms with E-state index in [2.05, 4.69) is 12.3 Å². The number of pyridine rings is 1. The third-order valence-electron chi connectivity index (χ3n) is 4.38. The predicted octanol–water partition coefficient (Wildman–Crippen LogP) is 3.90. The topological polar surface area (TPSA) is 80.5 Å². The van der Waals surface area contributed by atoms with Crippen molar-refractivity contribution in [2.24, 2.45) is 5.73 Å². The molecule has 0 atom stereocenters. The van der Waals surface area contributed by atoms with Crippen molar-refractivity contribution in [2.75, 3.05) is 13.2 Å². The SMILES string of the molecule is CCCOc1cccc(-c2cc(C(=O)NN(CC)C(N)=S)c3ccccc3n2)c1. The van der Waals surface area contributed by atoms with E-state index in [0.717, 1.165) is 28.6 Å². The number of para-hydroxylation sites is 1. The summed E-state index contributed by atoms with van der Waals surface area (Å²) in [7, 11) is 0. The molecular formula is C22H24N4O2S. The second kappa shape index (κ2) is 9.34. The lowest BCUT2D eigenvalue weighted by molar-refractivity contribution is 0.0876. The van der Waals surface area contributed by atoms with Crippen molar-refractivity contribution in [3.8, 4) is 17.0 Å². The normalized spacial score (nSPS) is 10.6. The van der Waals surface area contributed by atoms with Crippen molar-refractivity contribution in [1.29, 1.82) is 0 Å². The minimum Gasteiger partial charge on any atom is -0.494 e. The lowest BCUT2D eigenvalue weighted by Crippen LogP contribution is -2.48. The van der Waals surface area contributed by atoms with Crippen LogP contribution in [0.25, 0.3) is 22.2 Å². The average molecular weight is 409 g/mol. The van der Waals surface area contributed by atoms with E-state index in [1.54, 1.807) is 6.07 Å². The second-order valence-electron chi connectivity index (χ2n) is 6.47. The van der Waals surface area contributed by atoms with Crippen LogP contribution in [0.1, 0.15) is 30.6 Å². The van der Waals surface area contributed by atoms with Crippen molar-refractivity contribution in [1.82, 2.24) is 15.4 Å². The molecule has 0 saturated heterocycles. The van der Waals surface area contributed by atoms with Gasteiger partial charge in [0.25, 0.3) is 5.91 Å². The molecule has 0 fully saturated rings. The van der Waals surface area contributed by atoms with Crippen LogP contribution in [0.4, 0.5) is 0 Å². The predicted molar refractivity (Wildman–Crippen MR) is 120 cm³/mol. The molecule has 150 valence electrons. The highest BCUT2D eigenvalue weighted by atomic mass is 32.1. The number of rotatable bonds is 6. The molecule has 0 bridgehead atoms. The van der Waals surface area contributed by atoms with Gasteiger partial charge in [0.15, 0.2) is 5.11 Å². The maximum absolute atomic E-state index is 13.0. The van der Waals surface area contributed by atoms with E-state index in [4.69, 9.17) is 27.7 Å². The van der Waals surface area contributed by atoms with Crippen LogP contribution in [0.3, 0.4) is 0 Å². The van der Waals surface area contributed by atoms with Crippen molar-refractivity contribution in [3.05, 3.63) is 60.2 Å². The molecule has 0 unspecified atom stereocenters. The van der Waals surface area contributed by atoms with Crippen LogP contribution in [0.5, 0.6) is 5.75 Å². The molecule has 2 aromatic carbocycles. The zero-order valence-corrected chi connectivity index (χ0v) is 17.3. The fourth-order valence-corrected chi connectivity index (χ4v) is 3.12. The Kier molecular flexibility index (Phi) is 6.61. The smallest absolute Gasteiger partial charge is 0.270 e. The van der Waals surface area contributed by atoms with Gasteiger partial charge in [-0.05, 0) is 49.8 Å². The van der Waals surface area contributed by atoms with E-state index in [9.17, 15) is 4.79 Å². The van der Waals surface area contributed by atoms with Crippen LogP contribution in [-0.4, -0.2) is 34.2 Å². The molecule has 29 heavy (non-hydrogen) atoms. The molecule has 1 amide bonds. The van der Waals surface area contributed by atoms with Crippen LogP contribution >= 0.6 is 12.2 Å². The number of nitrogens with two attached hydrogens (primary N) is 1. The van der Waals surface area contributed by atoms with Gasteiger partial charge in [-0.2, -0.15) is 0 Å². The fourth-order valence-electron chi connectivity index (χ4n) is 2.95. The monoisotopic (exact) mass is 408 g/mol. The Balaban J connectivity index is 2.05. The van der Waals surface area contributed by atoms with Gasteiger partial charge in [0.2, 0.25) is 0 Å². The fraction of sp³-hybridized carbons (Fsp3) is 0.227. The third kappa shape index (κ3) is 4.81. The van der Waals surface area contributed by atoms with E-state index in [0.29, 0.717) is 24.4 Å². The second-order valence-corrected chi connectivity index (χ2v) is 6.89. The summed E-state index contributed by atoms with van der Waals surface area (Å²) >= 11 is 4.99. The summed E-state index contributed by atoms with van der Waals surface area (Å²) in [6.07, 6.45) is 0.930. The quantitative estimate of drug-likeness (QED) is 0.476. The molecule has 0 aliphatic rings. The van der Waals surface area contributed by atoms with Crippen LogP contribution in [-0.2, 0) is 0 Å². The number of carbonyl (C=O) groups is 1. The summed E-state index contributed by atoms with van der Waals surface area (Å²) in [6.45, 7) is 5.03. The molecule has 3 aromatic rings. The van der Waals surface area contributed by atoms with Crippen molar-refractivity contribution in [3.63, 3.8) is 0 Å². The number of aromatic nitrogens is 1. The van der Waals surface area contributed by atoms with Crippen molar-refractivity contribution >= 4 is 34.1 Å². The van der Waals surface area contributed by atoms with Crippen LogP contribution in [0, 0.1) is 0 Å². The van der Waals surface area contributed by atoms with Gasteiger partial charge in [-0.1, -0.05) is 37.3 Å². The molecule has 1 heterocycles. The maximum Gasteiger partial charge on any atom is 0.270 e. The van der Waals surface area contributed by atoms with Gasteiger partial charge >= 0.3 is 0 Å². The summed E-state index contributed by atoms with van der Waals surface area (Å²) in [5.74, 6) is 0.480. The van der Waals surface area contributed by atoms with Gasteiger partial charge < -0.3 is 10.5 Å². The molecule has 6 nitrogen and oxygen atoms in total. The Hall–Kier alpha value is -3.19. The van der Waals surface area contributed by atoms with E-state index < -0.39 is 0 Å². The molecule has 0 aliphatic carbocycles. The summed E-state index contributed by atoms with van der Waals surface area (Å²) in [4.78, 5) is 17.7. The van der Waals surface area contributed by atoms with Crippen LogP contribution in [0.15, 0.2) is 54.6 Å². The zero-order chi connectivity index (χ0) is 20.8. The number of benzene rings is 2. The number of amides is 1. The Bertz CT molecular complexity index is 1040. The summed E-state index contributed by atoms with van der Waals surface area (Å²) in [5.41, 5.74) is 11.2. The van der Waals surface area contributed by atoms with E-state index in [1.807, 2.05) is 55.5 Å². The molecule has 3 N–H and O–H groups in total.